The van der Waals surface area contributed by atoms with Gasteiger partial charge in [0.15, 0.2) is 5.75 Å². The van der Waals surface area contributed by atoms with E-state index in [0.717, 1.165) is 15.9 Å². The van der Waals surface area contributed by atoms with Gasteiger partial charge in [-0.05, 0) is 45.0 Å². The van der Waals surface area contributed by atoms with Gasteiger partial charge < -0.3 is 10.1 Å². The van der Waals surface area contributed by atoms with Crippen LogP contribution in [0.1, 0.15) is 42.8 Å². The maximum atomic E-state index is 5.50. The van der Waals surface area contributed by atoms with Gasteiger partial charge in [-0.25, -0.2) is 0 Å². The molecule has 114 valence electrons. The van der Waals surface area contributed by atoms with E-state index in [1.807, 2.05) is 11.7 Å². The minimum Gasteiger partial charge on any atom is -0.493 e. The topological polar surface area (TPSA) is 39.1 Å². The fourth-order valence-corrected chi connectivity index (χ4v) is 2.75. The molecule has 1 unspecified atom stereocenters. The van der Waals surface area contributed by atoms with Gasteiger partial charge in [0.2, 0.25) is 0 Å². The zero-order chi connectivity index (χ0) is 15.6. The lowest BCUT2D eigenvalue weighted by atomic mass is 10.0. The van der Waals surface area contributed by atoms with E-state index in [1.165, 1.54) is 11.1 Å². The normalized spacial score (nSPS) is 12.7. The summed E-state index contributed by atoms with van der Waals surface area (Å²) in [6.45, 7) is 6.34. The molecule has 21 heavy (non-hydrogen) atoms. The number of methoxy groups -OCH3 is 1. The van der Waals surface area contributed by atoms with Crippen molar-refractivity contribution >= 4 is 15.9 Å². The first-order chi connectivity index (χ1) is 9.99. The number of nitrogens with zero attached hydrogens (tertiary/aromatic N) is 2. The second-order valence-corrected chi connectivity index (χ2v) is 6.22. The lowest BCUT2D eigenvalue weighted by Gasteiger charge is -2.22. The molecule has 0 saturated carbocycles. The molecule has 1 atom stereocenters. The number of nitrogens with one attached hydrogen (secondary N) is 1. The molecule has 2 rings (SSSR count). The van der Waals surface area contributed by atoms with Gasteiger partial charge in [0, 0.05) is 10.5 Å². The van der Waals surface area contributed by atoms with Gasteiger partial charge >= 0.3 is 0 Å². The van der Waals surface area contributed by atoms with Crippen LogP contribution in [0.5, 0.6) is 5.75 Å². The summed E-state index contributed by atoms with van der Waals surface area (Å²) >= 11 is 3.55. The van der Waals surface area contributed by atoms with E-state index in [-0.39, 0.29) is 12.1 Å². The summed E-state index contributed by atoms with van der Waals surface area (Å²) in [5, 5.41) is 7.84. The first-order valence-electron chi connectivity index (χ1n) is 7.04. The van der Waals surface area contributed by atoms with Crippen LogP contribution in [0.4, 0.5) is 0 Å². The highest BCUT2D eigenvalue weighted by Gasteiger charge is 2.23. The molecule has 0 amide bonds. The molecule has 0 aliphatic heterocycles. The fraction of sp³-hybridized carbons (Fsp3) is 0.438. The average molecular weight is 352 g/mol. The van der Waals surface area contributed by atoms with Crippen LogP contribution in [0.25, 0.3) is 0 Å². The quantitative estimate of drug-likeness (QED) is 0.888. The Kier molecular flexibility index (Phi) is 5.06. The smallest absolute Gasteiger partial charge is 0.161 e. The third kappa shape index (κ3) is 3.14. The van der Waals surface area contributed by atoms with Crippen LogP contribution < -0.4 is 10.1 Å². The van der Waals surface area contributed by atoms with Crippen molar-refractivity contribution in [2.24, 2.45) is 0 Å². The van der Waals surface area contributed by atoms with Crippen molar-refractivity contribution in [3.8, 4) is 5.75 Å². The first kappa shape index (κ1) is 16.0. The van der Waals surface area contributed by atoms with Crippen molar-refractivity contribution in [3.63, 3.8) is 0 Å². The van der Waals surface area contributed by atoms with Crippen molar-refractivity contribution in [1.82, 2.24) is 15.1 Å². The lowest BCUT2D eigenvalue weighted by molar-refractivity contribution is 0.396. The zero-order valence-corrected chi connectivity index (χ0v) is 14.7. The summed E-state index contributed by atoms with van der Waals surface area (Å²) in [6.07, 6.45) is 1.78. The van der Waals surface area contributed by atoms with Crippen LogP contribution in [0.3, 0.4) is 0 Å². The summed E-state index contributed by atoms with van der Waals surface area (Å²) in [5.74, 6) is 0.809. The Morgan fingerprint density at radius 1 is 1.33 bits per heavy atom. The number of hydrogen-bond acceptors (Lipinski definition) is 3. The monoisotopic (exact) mass is 351 g/mol. The number of ether oxygens (including phenoxy) is 1. The van der Waals surface area contributed by atoms with Crippen LogP contribution in [0.15, 0.2) is 28.9 Å². The van der Waals surface area contributed by atoms with Gasteiger partial charge in [-0.3, -0.25) is 4.68 Å². The number of aryl methyl sites for hydroxylation is 1. The van der Waals surface area contributed by atoms with Crippen molar-refractivity contribution in [3.05, 3.63) is 45.7 Å². The minimum atomic E-state index is 0.0386. The Hall–Kier alpha value is -1.33. The first-order valence-corrected chi connectivity index (χ1v) is 7.83. The Morgan fingerprint density at radius 2 is 2.05 bits per heavy atom. The van der Waals surface area contributed by atoms with Gasteiger partial charge in [-0.2, -0.15) is 5.10 Å². The SMILES string of the molecule is CNC(c1ccc(Br)c(C)c1)c1c(OC)cnn1C(C)C. The van der Waals surface area contributed by atoms with Gasteiger partial charge in [0.25, 0.3) is 0 Å². The number of rotatable bonds is 5. The Bertz CT molecular complexity index is 622. The predicted octanol–water partition coefficient (Wildman–Crippen LogP) is 3.85. The van der Waals surface area contributed by atoms with E-state index < -0.39 is 0 Å². The van der Waals surface area contributed by atoms with E-state index >= 15 is 0 Å². The lowest BCUT2D eigenvalue weighted by Crippen LogP contribution is -2.23. The summed E-state index contributed by atoms with van der Waals surface area (Å²) in [4.78, 5) is 0. The van der Waals surface area contributed by atoms with Gasteiger partial charge in [-0.1, -0.05) is 28.1 Å². The minimum absolute atomic E-state index is 0.0386. The molecule has 0 saturated heterocycles. The largest absolute Gasteiger partial charge is 0.493 e. The van der Waals surface area contributed by atoms with E-state index in [0.29, 0.717) is 0 Å². The molecule has 1 N–H and O–H groups in total. The molecular formula is C16H22BrN3O. The van der Waals surface area contributed by atoms with Crippen molar-refractivity contribution in [2.75, 3.05) is 14.2 Å². The summed E-state index contributed by atoms with van der Waals surface area (Å²) in [6, 6.07) is 6.70. The third-order valence-corrected chi connectivity index (χ3v) is 4.47. The zero-order valence-electron chi connectivity index (χ0n) is 13.1. The van der Waals surface area contributed by atoms with Crippen LogP contribution in [0.2, 0.25) is 0 Å². The molecule has 0 radical (unpaired) electrons. The number of halogens is 1. The Labute approximate surface area is 134 Å². The molecule has 1 aromatic heterocycles. The van der Waals surface area contributed by atoms with Gasteiger partial charge in [-0.15, -0.1) is 0 Å². The highest BCUT2D eigenvalue weighted by Crippen LogP contribution is 2.33. The maximum Gasteiger partial charge on any atom is 0.161 e. The molecule has 0 aliphatic carbocycles. The molecule has 0 fully saturated rings. The van der Waals surface area contributed by atoms with E-state index in [2.05, 4.69) is 65.3 Å². The summed E-state index contributed by atoms with van der Waals surface area (Å²) < 4.78 is 8.63. The summed E-state index contributed by atoms with van der Waals surface area (Å²) in [5.41, 5.74) is 3.46. The maximum absolute atomic E-state index is 5.50. The van der Waals surface area contributed by atoms with Crippen LogP contribution in [-0.4, -0.2) is 23.9 Å². The Morgan fingerprint density at radius 3 is 2.57 bits per heavy atom. The van der Waals surface area contributed by atoms with Crippen molar-refractivity contribution in [1.29, 1.82) is 0 Å². The molecule has 0 bridgehead atoms. The van der Waals surface area contributed by atoms with Crippen LogP contribution >= 0.6 is 15.9 Å². The summed E-state index contributed by atoms with van der Waals surface area (Å²) in [7, 11) is 3.64. The van der Waals surface area contributed by atoms with Gasteiger partial charge in [0.05, 0.1) is 19.3 Å². The molecule has 1 aromatic carbocycles. The van der Waals surface area contributed by atoms with E-state index in [4.69, 9.17) is 4.74 Å². The molecule has 5 heteroatoms. The molecule has 0 spiro atoms. The molecule has 4 nitrogen and oxygen atoms in total. The van der Waals surface area contributed by atoms with Gasteiger partial charge in [0.1, 0.15) is 5.69 Å². The van der Waals surface area contributed by atoms with Crippen molar-refractivity contribution in [2.45, 2.75) is 32.9 Å². The fourth-order valence-electron chi connectivity index (χ4n) is 2.51. The number of benzene rings is 1. The van der Waals surface area contributed by atoms with Crippen LogP contribution in [0, 0.1) is 6.92 Å². The Balaban J connectivity index is 2.55. The highest BCUT2D eigenvalue weighted by atomic mass is 79.9. The number of aromatic nitrogens is 2. The molecule has 1 heterocycles. The highest BCUT2D eigenvalue weighted by molar-refractivity contribution is 9.10. The second-order valence-electron chi connectivity index (χ2n) is 5.37. The number of hydrogen-bond donors (Lipinski definition) is 1. The second kappa shape index (κ2) is 6.62. The molecule has 0 aliphatic rings. The average Bonchev–Trinajstić information content (AvgIpc) is 2.87. The van der Waals surface area contributed by atoms with E-state index in [9.17, 15) is 0 Å². The molecular weight excluding hydrogens is 330 g/mol. The predicted molar refractivity (Wildman–Crippen MR) is 88.9 cm³/mol. The third-order valence-electron chi connectivity index (χ3n) is 3.59. The molecule has 2 aromatic rings. The van der Waals surface area contributed by atoms with E-state index in [1.54, 1.807) is 13.3 Å². The standard InChI is InChI=1S/C16H22BrN3O/c1-10(2)20-16(14(21-5)9-19-20)15(18-4)12-6-7-13(17)11(3)8-12/h6-10,15,18H,1-5H3. The van der Waals surface area contributed by atoms with Crippen molar-refractivity contribution < 1.29 is 4.74 Å². The van der Waals surface area contributed by atoms with Crippen LogP contribution in [-0.2, 0) is 0 Å².